The number of piperazine rings is 1. The second-order valence-corrected chi connectivity index (χ2v) is 7.24. The van der Waals surface area contributed by atoms with Crippen LogP contribution in [0.5, 0.6) is 0 Å². The molecule has 7 heteroatoms. The Bertz CT molecular complexity index is 732. The van der Waals surface area contributed by atoms with Crippen LogP contribution in [0.3, 0.4) is 0 Å². The minimum absolute atomic E-state index is 0.852. The number of aromatic nitrogens is 3. The van der Waals surface area contributed by atoms with E-state index < -0.39 is 0 Å². The third-order valence-electron chi connectivity index (χ3n) is 5.03. The van der Waals surface area contributed by atoms with Crippen molar-refractivity contribution >= 4 is 12.0 Å². The van der Waals surface area contributed by atoms with Crippen molar-refractivity contribution in [3.05, 3.63) is 54.6 Å². The highest BCUT2D eigenvalue weighted by Gasteiger charge is 2.18. The first-order chi connectivity index (χ1) is 14.3. The predicted molar refractivity (Wildman–Crippen MR) is 119 cm³/mol. The normalized spacial score (nSPS) is 15.9. The summed E-state index contributed by atoms with van der Waals surface area (Å²) in [7, 11) is 0. The number of hydrogen-bond acceptors (Lipinski definition) is 4. The number of guanidine groups is 1. The molecular weight excluding hydrogens is 362 g/mol. The lowest BCUT2D eigenvalue weighted by Gasteiger charge is -2.36. The van der Waals surface area contributed by atoms with E-state index in [0.29, 0.717) is 0 Å². The van der Waals surface area contributed by atoms with Gasteiger partial charge in [0.15, 0.2) is 5.96 Å². The van der Waals surface area contributed by atoms with Crippen molar-refractivity contribution < 1.29 is 0 Å². The van der Waals surface area contributed by atoms with Gasteiger partial charge in [-0.2, -0.15) is 0 Å². The molecule has 1 aromatic heterocycles. The molecule has 29 heavy (non-hydrogen) atoms. The lowest BCUT2D eigenvalue weighted by atomic mass is 10.2. The highest BCUT2D eigenvalue weighted by molar-refractivity contribution is 5.80. The lowest BCUT2D eigenvalue weighted by molar-refractivity contribution is 0.194. The molecule has 7 nitrogen and oxygen atoms in total. The summed E-state index contributed by atoms with van der Waals surface area (Å²) < 4.78 is 2.01. The maximum Gasteiger partial charge on any atom is 0.194 e. The molecule has 1 aliphatic heterocycles. The van der Waals surface area contributed by atoms with Gasteiger partial charge in [-0.15, -0.1) is 10.2 Å². The summed E-state index contributed by atoms with van der Waals surface area (Å²) in [4.78, 5) is 9.73. The van der Waals surface area contributed by atoms with Crippen LogP contribution >= 0.6 is 0 Å². The number of nitrogens with zero attached hydrogens (tertiary/aromatic N) is 6. The summed E-state index contributed by atoms with van der Waals surface area (Å²) in [6.07, 6.45) is 10.2. The number of aliphatic imine (C=N–C) groups is 1. The fourth-order valence-electron chi connectivity index (χ4n) is 3.40. The van der Waals surface area contributed by atoms with Gasteiger partial charge < -0.3 is 14.8 Å². The van der Waals surface area contributed by atoms with Gasteiger partial charge >= 0.3 is 0 Å². The van der Waals surface area contributed by atoms with Crippen LogP contribution in [-0.2, 0) is 6.54 Å². The molecule has 1 aromatic carbocycles. The highest BCUT2D eigenvalue weighted by Crippen LogP contribution is 2.05. The number of aryl methyl sites for hydroxylation is 1. The van der Waals surface area contributed by atoms with Crippen molar-refractivity contribution in [3.63, 3.8) is 0 Å². The monoisotopic (exact) mass is 395 g/mol. The first-order valence-corrected chi connectivity index (χ1v) is 10.6. The maximum atomic E-state index is 4.84. The zero-order valence-corrected chi connectivity index (χ0v) is 17.5. The molecule has 156 valence electrons. The number of rotatable bonds is 9. The quantitative estimate of drug-likeness (QED) is 0.401. The van der Waals surface area contributed by atoms with Gasteiger partial charge in [0, 0.05) is 52.4 Å². The molecule has 0 unspecified atom stereocenters. The van der Waals surface area contributed by atoms with E-state index in [0.717, 1.165) is 71.2 Å². The summed E-state index contributed by atoms with van der Waals surface area (Å²) in [5.74, 6) is 1.05. The number of unbranched alkanes of at least 4 members (excludes halogenated alkanes) is 1. The fourth-order valence-corrected chi connectivity index (χ4v) is 3.40. The van der Waals surface area contributed by atoms with Crippen molar-refractivity contribution in [2.45, 2.75) is 26.3 Å². The Morgan fingerprint density at radius 3 is 2.55 bits per heavy atom. The van der Waals surface area contributed by atoms with E-state index in [4.69, 9.17) is 4.99 Å². The van der Waals surface area contributed by atoms with Crippen LogP contribution in [0.4, 0.5) is 0 Å². The summed E-state index contributed by atoms with van der Waals surface area (Å²) in [5.41, 5.74) is 1.26. The van der Waals surface area contributed by atoms with Crippen LogP contribution in [0, 0.1) is 0 Å². The van der Waals surface area contributed by atoms with Crippen molar-refractivity contribution in [2.24, 2.45) is 4.99 Å². The topological polar surface area (TPSA) is 61.6 Å². The minimum atomic E-state index is 0.852. The first-order valence-electron chi connectivity index (χ1n) is 10.6. The van der Waals surface area contributed by atoms with E-state index in [9.17, 15) is 0 Å². The Morgan fingerprint density at radius 1 is 1.07 bits per heavy atom. The number of nitrogens with one attached hydrogen (secondary N) is 1. The molecule has 1 saturated heterocycles. The third-order valence-corrected chi connectivity index (χ3v) is 5.03. The number of hydrogen-bond donors (Lipinski definition) is 1. The Morgan fingerprint density at radius 2 is 1.83 bits per heavy atom. The van der Waals surface area contributed by atoms with Gasteiger partial charge in [0.05, 0.1) is 0 Å². The van der Waals surface area contributed by atoms with E-state index in [1.807, 2.05) is 4.57 Å². The summed E-state index contributed by atoms with van der Waals surface area (Å²) in [6.45, 7) is 10.0. The smallest absolute Gasteiger partial charge is 0.194 e. The van der Waals surface area contributed by atoms with Gasteiger partial charge in [0.25, 0.3) is 0 Å². The Labute approximate surface area is 174 Å². The Kier molecular flexibility index (Phi) is 8.72. The molecule has 1 aliphatic rings. The maximum absolute atomic E-state index is 4.84. The molecule has 0 spiro atoms. The van der Waals surface area contributed by atoms with Crippen LogP contribution in [0.1, 0.15) is 25.3 Å². The summed E-state index contributed by atoms with van der Waals surface area (Å²) >= 11 is 0. The first kappa shape index (κ1) is 21.0. The molecule has 0 bridgehead atoms. The van der Waals surface area contributed by atoms with Gasteiger partial charge in [0.2, 0.25) is 0 Å². The third kappa shape index (κ3) is 7.34. The average molecular weight is 396 g/mol. The average Bonchev–Trinajstić information content (AvgIpc) is 3.28. The number of benzene rings is 1. The molecule has 2 heterocycles. The molecule has 1 fully saturated rings. The van der Waals surface area contributed by atoms with E-state index in [1.165, 1.54) is 5.56 Å². The molecule has 0 atom stereocenters. The fraction of sp³-hybridized carbons (Fsp3) is 0.500. The SMILES string of the molecule is CCNC(=NCCCCn1cnnc1)N1CCN(CC=Cc2ccccc2)CC1. The molecule has 0 radical (unpaired) electrons. The molecule has 0 saturated carbocycles. The second-order valence-electron chi connectivity index (χ2n) is 7.24. The van der Waals surface area contributed by atoms with Crippen molar-refractivity contribution in [1.29, 1.82) is 0 Å². The van der Waals surface area contributed by atoms with Crippen LogP contribution in [0.15, 0.2) is 54.1 Å². The summed E-state index contributed by atoms with van der Waals surface area (Å²) in [6, 6.07) is 10.5. The van der Waals surface area contributed by atoms with Crippen molar-refractivity contribution in [2.75, 3.05) is 45.8 Å². The van der Waals surface area contributed by atoms with E-state index in [1.54, 1.807) is 12.7 Å². The zero-order chi connectivity index (χ0) is 20.2. The van der Waals surface area contributed by atoms with Gasteiger partial charge in [-0.1, -0.05) is 42.5 Å². The molecule has 2 aromatic rings. The van der Waals surface area contributed by atoms with Gasteiger partial charge in [-0.3, -0.25) is 9.89 Å². The largest absolute Gasteiger partial charge is 0.357 e. The van der Waals surface area contributed by atoms with Crippen LogP contribution in [0.25, 0.3) is 6.08 Å². The Hall–Kier alpha value is -2.67. The van der Waals surface area contributed by atoms with Crippen LogP contribution in [0.2, 0.25) is 0 Å². The van der Waals surface area contributed by atoms with E-state index >= 15 is 0 Å². The van der Waals surface area contributed by atoms with E-state index in [-0.39, 0.29) is 0 Å². The second kappa shape index (κ2) is 12.0. The molecule has 0 aliphatic carbocycles. The standard InChI is InChI=1S/C22H33N7/c1-2-23-22(24-12-6-7-13-28-19-25-26-20-28)29-17-15-27(16-18-29)14-8-11-21-9-4-3-5-10-21/h3-5,8-11,19-20H,2,6-7,12-18H2,1H3,(H,23,24). The molecule has 3 rings (SSSR count). The predicted octanol–water partition coefficient (Wildman–Crippen LogP) is 2.35. The highest BCUT2D eigenvalue weighted by atomic mass is 15.3. The molecule has 1 N–H and O–H groups in total. The minimum Gasteiger partial charge on any atom is -0.357 e. The Balaban J connectivity index is 1.38. The van der Waals surface area contributed by atoms with E-state index in [2.05, 4.69) is 74.7 Å². The zero-order valence-electron chi connectivity index (χ0n) is 17.5. The van der Waals surface area contributed by atoms with Crippen molar-refractivity contribution in [1.82, 2.24) is 29.9 Å². The lowest BCUT2D eigenvalue weighted by Crippen LogP contribution is -2.52. The molecular formula is C22H33N7. The van der Waals surface area contributed by atoms with Crippen molar-refractivity contribution in [3.8, 4) is 0 Å². The van der Waals surface area contributed by atoms with Crippen LogP contribution in [-0.4, -0.2) is 76.3 Å². The van der Waals surface area contributed by atoms with Crippen LogP contribution < -0.4 is 5.32 Å². The van der Waals surface area contributed by atoms with Gasteiger partial charge in [0.1, 0.15) is 12.7 Å². The van der Waals surface area contributed by atoms with Gasteiger partial charge in [-0.05, 0) is 25.3 Å². The van der Waals surface area contributed by atoms with Gasteiger partial charge in [-0.25, -0.2) is 0 Å². The molecule has 0 amide bonds. The summed E-state index contributed by atoms with van der Waals surface area (Å²) in [5, 5.41) is 11.1.